The predicted octanol–water partition coefficient (Wildman–Crippen LogP) is 3.07. The summed E-state index contributed by atoms with van der Waals surface area (Å²) in [4.78, 5) is 13.8. The molecule has 1 N–H and O–H groups in total. The standard InChI is InChI=1S/C16H21N3O2/c1-15(2,3)21-14(20)19-9-16(4,10-19)13-11-7-5-6-8-12(11)17-18-13/h5-8H,9-10H2,1-4H3,(H,17,18). The number of hydrogen-bond acceptors (Lipinski definition) is 3. The molecule has 0 unspecified atom stereocenters. The van der Waals surface area contributed by atoms with Gasteiger partial charge in [0.1, 0.15) is 5.60 Å². The van der Waals surface area contributed by atoms with Crippen LogP contribution in [0, 0.1) is 0 Å². The first-order chi connectivity index (χ1) is 9.78. The third-order valence-corrected chi connectivity index (χ3v) is 3.80. The molecular formula is C16H21N3O2. The minimum atomic E-state index is -0.455. The summed E-state index contributed by atoms with van der Waals surface area (Å²) in [5.74, 6) is 0. The third kappa shape index (κ3) is 2.48. The van der Waals surface area contributed by atoms with Crippen LogP contribution in [0.25, 0.3) is 10.9 Å². The Bertz CT molecular complexity index is 678. The van der Waals surface area contributed by atoms with Crippen LogP contribution in [-0.4, -0.2) is 39.9 Å². The molecule has 3 rings (SSSR count). The van der Waals surface area contributed by atoms with E-state index in [1.165, 1.54) is 0 Å². The Morgan fingerprint density at radius 1 is 1.33 bits per heavy atom. The number of carbonyl (C=O) groups is 1. The van der Waals surface area contributed by atoms with Gasteiger partial charge < -0.3 is 9.64 Å². The van der Waals surface area contributed by atoms with Crippen molar-refractivity contribution in [1.82, 2.24) is 15.1 Å². The highest BCUT2D eigenvalue weighted by molar-refractivity contribution is 5.83. The highest BCUT2D eigenvalue weighted by Gasteiger charge is 2.46. The lowest BCUT2D eigenvalue weighted by Crippen LogP contribution is -2.60. The maximum Gasteiger partial charge on any atom is 0.410 e. The number of nitrogens with zero attached hydrogens (tertiary/aromatic N) is 2. The molecule has 1 amide bonds. The fourth-order valence-electron chi connectivity index (χ4n) is 2.83. The highest BCUT2D eigenvalue weighted by atomic mass is 16.6. The molecule has 1 saturated heterocycles. The molecule has 2 aromatic rings. The number of likely N-dealkylation sites (tertiary alicyclic amines) is 1. The summed E-state index contributed by atoms with van der Waals surface area (Å²) in [6, 6.07) is 8.04. The zero-order valence-corrected chi connectivity index (χ0v) is 12.9. The molecule has 112 valence electrons. The van der Waals surface area contributed by atoms with Gasteiger partial charge in [-0.3, -0.25) is 5.10 Å². The molecule has 0 atom stereocenters. The summed E-state index contributed by atoms with van der Waals surface area (Å²) in [7, 11) is 0. The van der Waals surface area contributed by atoms with E-state index in [1.807, 2.05) is 39.0 Å². The smallest absolute Gasteiger partial charge is 0.410 e. The van der Waals surface area contributed by atoms with Crippen LogP contribution in [0.3, 0.4) is 0 Å². The van der Waals surface area contributed by atoms with Crippen LogP contribution < -0.4 is 0 Å². The molecule has 2 heterocycles. The maximum absolute atomic E-state index is 12.0. The van der Waals surface area contributed by atoms with Gasteiger partial charge >= 0.3 is 6.09 Å². The number of aromatic nitrogens is 2. The number of para-hydroxylation sites is 1. The topological polar surface area (TPSA) is 58.2 Å². The number of rotatable bonds is 1. The number of aromatic amines is 1. The Kier molecular flexibility index (Phi) is 2.97. The van der Waals surface area contributed by atoms with Gasteiger partial charge in [-0.05, 0) is 26.8 Å². The van der Waals surface area contributed by atoms with E-state index >= 15 is 0 Å². The minimum absolute atomic E-state index is 0.0903. The first-order valence-corrected chi connectivity index (χ1v) is 7.20. The Labute approximate surface area is 124 Å². The molecule has 5 nitrogen and oxygen atoms in total. The number of nitrogens with one attached hydrogen (secondary N) is 1. The fraction of sp³-hybridized carbons (Fsp3) is 0.500. The molecule has 0 saturated carbocycles. The lowest BCUT2D eigenvalue weighted by atomic mass is 9.78. The third-order valence-electron chi connectivity index (χ3n) is 3.80. The van der Waals surface area contributed by atoms with Crippen LogP contribution in [0.5, 0.6) is 0 Å². The zero-order chi connectivity index (χ0) is 15.3. The summed E-state index contributed by atoms with van der Waals surface area (Å²) in [6.07, 6.45) is -0.246. The van der Waals surface area contributed by atoms with Gasteiger partial charge in [-0.2, -0.15) is 5.10 Å². The van der Waals surface area contributed by atoms with E-state index < -0.39 is 5.60 Å². The van der Waals surface area contributed by atoms with E-state index in [0.29, 0.717) is 13.1 Å². The second kappa shape index (κ2) is 4.48. The molecule has 0 aliphatic carbocycles. The van der Waals surface area contributed by atoms with Gasteiger partial charge in [0.2, 0.25) is 0 Å². The molecule has 1 aromatic heterocycles. The predicted molar refractivity (Wildman–Crippen MR) is 81.3 cm³/mol. The fourth-order valence-corrected chi connectivity index (χ4v) is 2.83. The van der Waals surface area contributed by atoms with E-state index in [-0.39, 0.29) is 11.5 Å². The van der Waals surface area contributed by atoms with Gasteiger partial charge in [0.05, 0.1) is 11.2 Å². The molecule has 5 heteroatoms. The average Bonchev–Trinajstić information content (AvgIpc) is 2.77. The number of benzene rings is 1. The molecular weight excluding hydrogens is 266 g/mol. The van der Waals surface area contributed by atoms with Crippen molar-refractivity contribution >= 4 is 17.0 Å². The maximum atomic E-state index is 12.0. The van der Waals surface area contributed by atoms with Crippen molar-refractivity contribution in [3.63, 3.8) is 0 Å². The van der Waals surface area contributed by atoms with Crippen LogP contribution >= 0.6 is 0 Å². The van der Waals surface area contributed by atoms with Crippen molar-refractivity contribution in [3.05, 3.63) is 30.0 Å². The van der Waals surface area contributed by atoms with Gasteiger partial charge in [-0.15, -0.1) is 0 Å². The number of ether oxygens (including phenoxy) is 1. The summed E-state index contributed by atoms with van der Waals surface area (Å²) < 4.78 is 5.40. The van der Waals surface area contributed by atoms with Crippen molar-refractivity contribution in [2.24, 2.45) is 0 Å². The van der Waals surface area contributed by atoms with Crippen molar-refractivity contribution in [2.75, 3.05) is 13.1 Å². The summed E-state index contributed by atoms with van der Waals surface area (Å²) in [6.45, 7) is 9.08. The van der Waals surface area contributed by atoms with Crippen molar-refractivity contribution < 1.29 is 9.53 Å². The number of carbonyl (C=O) groups excluding carboxylic acids is 1. The number of amides is 1. The lowest BCUT2D eigenvalue weighted by molar-refractivity contribution is -0.00699. The Balaban J connectivity index is 1.76. The summed E-state index contributed by atoms with van der Waals surface area (Å²) in [5.41, 5.74) is 1.51. The van der Waals surface area contributed by atoms with Crippen LogP contribution in [0.15, 0.2) is 24.3 Å². The monoisotopic (exact) mass is 287 g/mol. The molecule has 0 radical (unpaired) electrons. The quantitative estimate of drug-likeness (QED) is 0.877. The summed E-state index contributed by atoms with van der Waals surface area (Å²) >= 11 is 0. The van der Waals surface area contributed by atoms with Crippen LogP contribution in [0.4, 0.5) is 4.79 Å². The van der Waals surface area contributed by atoms with Crippen molar-refractivity contribution in [2.45, 2.75) is 38.7 Å². The normalized spacial score (nSPS) is 17.6. The highest BCUT2D eigenvalue weighted by Crippen LogP contribution is 2.37. The van der Waals surface area contributed by atoms with Gasteiger partial charge in [-0.25, -0.2) is 4.79 Å². The Morgan fingerprint density at radius 3 is 2.67 bits per heavy atom. The second-order valence-electron chi connectivity index (χ2n) is 7.01. The summed E-state index contributed by atoms with van der Waals surface area (Å²) in [5, 5.41) is 8.60. The second-order valence-corrected chi connectivity index (χ2v) is 7.01. The van der Waals surface area contributed by atoms with Gasteiger partial charge in [-0.1, -0.05) is 25.1 Å². The van der Waals surface area contributed by atoms with E-state index in [0.717, 1.165) is 16.6 Å². The van der Waals surface area contributed by atoms with Gasteiger partial charge in [0.15, 0.2) is 0 Å². The average molecular weight is 287 g/mol. The van der Waals surface area contributed by atoms with Crippen LogP contribution in [-0.2, 0) is 10.2 Å². The lowest BCUT2D eigenvalue weighted by Gasteiger charge is -2.47. The Morgan fingerprint density at radius 2 is 2.00 bits per heavy atom. The SMILES string of the molecule is CC(C)(C)OC(=O)N1CC(C)(c2[nH]nc3ccccc23)C1. The molecule has 0 spiro atoms. The molecule has 0 bridgehead atoms. The Hall–Kier alpha value is -2.04. The molecule has 1 fully saturated rings. The van der Waals surface area contributed by atoms with Gasteiger partial charge in [0, 0.05) is 23.9 Å². The molecule has 1 aliphatic rings. The first-order valence-electron chi connectivity index (χ1n) is 7.20. The largest absolute Gasteiger partial charge is 0.444 e. The minimum Gasteiger partial charge on any atom is -0.444 e. The van der Waals surface area contributed by atoms with E-state index in [1.54, 1.807) is 4.90 Å². The van der Waals surface area contributed by atoms with E-state index in [2.05, 4.69) is 23.2 Å². The van der Waals surface area contributed by atoms with Crippen LogP contribution in [0.2, 0.25) is 0 Å². The molecule has 1 aromatic carbocycles. The zero-order valence-electron chi connectivity index (χ0n) is 12.9. The molecule has 1 aliphatic heterocycles. The first kappa shape index (κ1) is 13.9. The van der Waals surface area contributed by atoms with Crippen LogP contribution in [0.1, 0.15) is 33.4 Å². The van der Waals surface area contributed by atoms with E-state index in [4.69, 9.17) is 4.74 Å². The number of hydrogen-bond donors (Lipinski definition) is 1. The molecule has 21 heavy (non-hydrogen) atoms. The van der Waals surface area contributed by atoms with E-state index in [9.17, 15) is 4.79 Å². The van der Waals surface area contributed by atoms with Gasteiger partial charge in [0.25, 0.3) is 0 Å². The number of H-pyrrole nitrogens is 1. The van der Waals surface area contributed by atoms with Crippen molar-refractivity contribution in [1.29, 1.82) is 0 Å². The van der Waals surface area contributed by atoms with Crippen molar-refractivity contribution in [3.8, 4) is 0 Å². The number of fused-ring (bicyclic) bond motifs is 1.